The largest absolute Gasteiger partial charge is 0.508 e. The molecule has 0 bridgehead atoms. The second-order valence-electron chi connectivity index (χ2n) is 8.70. The minimum absolute atomic E-state index is 0.00177. The normalized spacial score (nSPS) is 19.4. The van der Waals surface area contributed by atoms with Gasteiger partial charge in [0, 0.05) is 30.0 Å². The third-order valence-corrected chi connectivity index (χ3v) is 6.59. The molecule has 35 heavy (non-hydrogen) atoms. The number of nitrogens with zero attached hydrogens (tertiary/aromatic N) is 2. The van der Waals surface area contributed by atoms with Gasteiger partial charge in [-0.25, -0.2) is 0 Å². The molecule has 3 aromatic carbocycles. The highest BCUT2D eigenvalue weighted by molar-refractivity contribution is 6.51. The van der Waals surface area contributed by atoms with Crippen molar-refractivity contribution in [3.05, 3.63) is 89.5 Å². The van der Waals surface area contributed by atoms with Crippen molar-refractivity contribution in [2.24, 2.45) is 0 Å². The number of phenolic OH excluding ortho intramolecular Hbond substituents is 1. The number of ether oxygens (including phenoxy) is 1. The molecule has 1 atom stereocenters. The van der Waals surface area contributed by atoms with Gasteiger partial charge in [0.05, 0.1) is 18.7 Å². The molecule has 0 saturated carbocycles. The van der Waals surface area contributed by atoms with Gasteiger partial charge in [0.25, 0.3) is 11.7 Å². The van der Waals surface area contributed by atoms with E-state index in [0.29, 0.717) is 22.6 Å². The number of aliphatic hydroxyl groups excluding tert-OH is 1. The van der Waals surface area contributed by atoms with Crippen LogP contribution in [0.1, 0.15) is 30.0 Å². The summed E-state index contributed by atoms with van der Waals surface area (Å²) in [6, 6.07) is 19.6. The molecule has 0 aromatic heterocycles. The number of amides is 1. The molecule has 1 amide bonds. The number of hydrogen-bond donors (Lipinski definition) is 2. The molecule has 2 aliphatic rings. The van der Waals surface area contributed by atoms with Crippen LogP contribution in [0, 0.1) is 0 Å². The average molecular weight is 471 g/mol. The molecule has 2 heterocycles. The molecular weight excluding hydrogens is 444 g/mol. The summed E-state index contributed by atoms with van der Waals surface area (Å²) >= 11 is 0. The number of ketones is 1. The predicted molar refractivity (Wildman–Crippen MR) is 134 cm³/mol. The fourth-order valence-electron chi connectivity index (χ4n) is 4.81. The quantitative estimate of drug-likeness (QED) is 0.321. The fraction of sp³-hybridized carbons (Fsp3) is 0.214. The van der Waals surface area contributed by atoms with E-state index in [1.807, 2.05) is 24.3 Å². The number of methoxy groups -OCH3 is 1. The molecule has 2 aliphatic heterocycles. The van der Waals surface area contributed by atoms with Crippen molar-refractivity contribution in [3.63, 3.8) is 0 Å². The molecule has 2 saturated heterocycles. The van der Waals surface area contributed by atoms with Crippen LogP contribution in [0.15, 0.2) is 78.4 Å². The summed E-state index contributed by atoms with van der Waals surface area (Å²) in [5.74, 6) is -1.19. The van der Waals surface area contributed by atoms with Crippen molar-refractivity contribution in [3.8, 4) is 11.5 Å². The van der Waals surface area contributed by atoms with Gasteiger partial charge in [-0.1, -0.05) is 12.1 Å². The Hall–Kier alpha value is -4.26. The number of hydrogen-bond acceptors (Lipinski definition) is 6. The molecule has 7 nitrogen and oxygen atoms in total. The van der Waals surface area contributed by atoms with Crippen LogP contribution in [0.2, 0.25) is 0 Å². The van der Waals surface area contributed by atoms with Gasteiger partial charge in [0.15, 0.2) is 0 Å². The van der Waals surface area contributed by atoms with Gasteiger partial charge in [-0.15, -0.1) is 0 Å². The second kappa shape index (κ2) is 9.18. The summed E-state index contributed by atoms with van der Waals surface area (Å²) in [4.78, 5) is 30.2. The zero-order valence-electron chi connectivity index (χ0n) is 19.3. The Balaban J connectivity index is 1.62. The summed E-state index contributed by atoms with van der Waals surface area (Å²) < 4.78 is 5.18. The first kappa shape index (κ1) is 22.5. The van der Waals surface area contributed by atoms with Gasteiger partial charge >= 0.3 is 0 Å². The lowest BCUT2D eigenvalue weighted by molar-refractivity contribution is -0.132. The zero-order chi connectivity index (χ0) is 24.5. The standard InChI is InChI=1S/C28H26N2O5/c1-35-23-13-7-18(8-14-23)26(32)24-25(19-5-4-6-22(31)17-19)30(28(34)27(24)33)21-11-9-20(10-12-21)29-15-2-3-16-29/h4-14,17,25,31-32H,2-3,15-16H2,1H3/b26-24+. The summed E-state index contributed by atoms with van der Waals surface area (Å²) in [7, 11) is 1.54. The molecule has 2 N–H and O–H groups in total. The highest BCUT2D eigenvalue weighted by atomic mass is 16.5. The van der Waals surface area contributed by atoms with Gasteiger partial charge in [0.1, 0.15) is 17.3 Å². The van der Waals surface area contributed by atoms with Crippen molar-refractivity contribution in [2.75, 3.05) is 30.0 Å². The smallest absolute Gasteiger partial charge is 0.300 e. The van der Waals surface area contributed by atoms with Crippen LogP contribution < -0.4 is 14.5 Å². The van der Waals surface area contributed by atoms with Crippen LogP contribution in [0.5, 0.6) is 11.5 Å². The molecule has 2 fully saturated rings. The van der Waals surface area contributed by atoms with Crippen molar-refractivity contribution >= 4 is 28.8 Å². The molecule has 1 unspecified atom stereocenters. The molecule has 7 heteroatoms. The SMILES string of the molecule is COc1ccc(/C(O)=C2\C(=O)C(=O)N(c3ccc(N4CCCC4)cc3)C2c2cccc(O)c2)cc1. The summed E-state index contributed by atoms with van der Waals surface area (Å²) in [6.07, 6.45) is 2.30. The number of phenols is 1. The van der Waals surface area contributed by atoms with Crippen molar-refractivity contribution in [1.29, 1.82) is 0 Å². The van der Waals surface area contributed by atoms with Crippen LogP contribution in [0.4, 0.5) is 11.4 Å². The number of carbonyl (C=O) groups is 2. The Labute approximate surface area is 203 Å². The Morgan fingerprint density at radius 2 is 1.57 bits per heavy atom. The number of Topliss-reactive ketones (excluding diaryl/α,β-unsaturated/α-hetero) is 1. The van der Waals surface area contributed by atoms with E-state index in [1.54, 1.807) is 36.4 Å². The number of anilines is 2. The van der Waals surface area contributed by atoms with E-state index < -0.39 is 17.7 Å². The van der Waals surface area contributed by atoms with E-state index in [2.05, 4.69) is 4.90 Å². The second-order valence-corrected chi connectivity index (χ2v) is 8.70. The molecule has 0 aliphatic carbocycles. The lowest BCUT2D eigenvalue weighted by Gasteiger charge is -2.26. The zero-order valence-corrected chi connectivity index (χ0v) is 19.3. The van der Waals surface area contributed by atoms with Gasteiger partial charge in [-0.3, -0.25) is 14.5 Å². The number of aliphatic hydroxyl groups is 1. The Bertz CT molecular complexity index is 1290. The number of benzene rings is 3. The van der Waals surface area contributed by atoms with E-state index in [1.165, 1.54) is 24.1 Å². The van der Waals surface area contributed by atoms with Gasteiger partial charge in [0.2, 0.25) is 0 Å². The van der Waals surface area contributed by atoms with Crippen LogP contribution >= 0.6 is 0 Å². The lowest BCUT2D eigenvalue weighted by Crippen LogP contribution is -2.29. The average Bonchev–Trinajstić information content (AvgIpc) is 3.51. The Kier molecular flexibility index (Phi) is 5.91. The lowest BCUT2D eigenvalue weighted by atomic mass is 9.95. The fourth-order valence-corrected chi connectivity index (χ4v) is 4.81. The highest BCUT2D eigenvalue weighted by Crippen LogP contribution is 2.43. The van der Waals surface area contributed by atoms with Crippen molar-refractivity contribution < 1.29 is 24.5 Å². The Morgan fingerprint density at radius 3 is 2.20 bits per heavy atom. The molecule has 0 spiro atoms. The third kappa shape index (κ3) is 4.10. The van der Waals surface area contributed by atoms with E-state index >= 15 is 0 Å². The number of aromatic hydroxyl groups is 1. The van der Waals surface area contributed by atoms with Crippen molar-refractivity contribution in [1.82, 2.24) is 0 Å². The maximum absolute atomic E-state index is 13.3. The van der Waals surface area contributed by atoms with E-state index in [0.717, 1.165) is 31.6 Å². The maximum atomic E-state index is 13.3. The van der Waals surface area contributed by atoms with Gasteiger partial charge in [-0.2, -0.15) is 0 Å². The van der Waals surface area contributed by atoms with E-state index in [9.17, 15) is 19.8 Å². The summed E-state index contributed by atoms with van der Waals surface area (Å²) in [6.45, 7) is 1.99. The molecule has 5 rings (SSSR count). The van der Waals surface area contributed by atoms with Crippen LogP contribution in [0.3, 0.4) is 0 Å². The maximum Gasteiger partial charge on any atom is 0.300 e. The van der Waals surface area contributed by atoms with E-state index in [4.69, 9.17) is 4.74 Å². The van der Waals surface area contributed by atoms with Gasteiger partial charge in [-0.05, 0) is 79.1 Å². The summed E-state index contributed by atoms with van der Waals surface area (Å²) in [5.41, 5.74) is 2.47. The van der Waals surface area contributed by atoms with Crippen LogP contribution in [-0.4, -0.2) is 42.1 Å². The van der Waals surface area contributed by atoms with Gasteiger partial charge < -0.3 is 19.8 Å². The third-order valence-electron chi connectivity index (χ3n) is 6.59. The van der Waals surface area contributed by atoms with E-state index in [-0.39, 0.29) is 17.1 Å². The number of rotatable bonds is 5. The molecule has 178 valence electrons. The summed E-state index contributed by atoms with van der Waals surface area (Å²) in [5, 5.41) is 21.3. The van der Waals surface area contributed by atoms with Crippen LogP contribution in [-0.2, 0) is 9.59 Å². The molecular formula is C28H26N2O5. The monoisotopic (exact) mass is 470 g/mol. The first-order valence-electron chi connectivity index (χ1n) is 11.6. The first-order chi connectivity index (χ1) is 17.0. The first-order valence-corrected chi connectivity index (χ1v) is 11.6. The highest BCUT2D eigenvalue weighted by Gasteiger charge is 2.47. The molecule has 0 radical (unpaired) electrons. The Morgan fingerprint density at radius 1 is 0.914 bits per heavy atom. The number of carbonyl (C=O) groups excluding carboxylic acids is 2. The minimum atomic E-state index is -0.901. The predicted octanol–water partition coefficient (Wildman–Crippen LogP) is 4.63. The van der Waals surface area contributed by atoms with Crippen LogP contribution in [0.25, 0.3) is 5.76 Å². The molecule has 3 aromatic rings. The van der Waals surface area contributed by atoms with Crippen molar-refractivity contribution in [2.45, 2.75) is 18.9 Å². The topological polar surface area (TPSA) is 90.3 Å². The minimum Gasteiger partial charge on any atom is -0.508 e.